The van der Waals surface area contributed by atoms with E-state index in [0.29, 0.717) is 0 Å². The van der Waals surface area contributed by atoms with Crippen LogP contribution in [0.1, 0.15) is 26.3 Å². The van der Waals surface area contributed by atoms with Gasteiger partial charge in [0.2, 0.25) is 0 Å². The normalized spacial score (nSPS) is 12.0. The first kappa shape index (κ1) is 29.2. The Balaban J connectivity index is 1.08. The third-order valence-electron chi connectivity index (χ3n) is 10.1. The van der Waals surface area contributed by atoms with Gasteiger partial charge in [0.1, 0.15) is 0 Å². The zero-order valence-electron chi connectivity index (χ0n) is 28.1. The predicted molar refractivity (Wildman–Crippen MR) is 210 cm³/mol. The van der Waals surface area contributed by atoms with Gasteiger partial charge in [0.25, 0.3) is 0 Å². The van der Waals surface area contributed by atoms with Gasteiger partial charge in [0, 0.05) is 17.1 Å². The number of benzene rings is 8. The molecule has 0 spiro atoms. The fraction of sp³-hybridized carbons (Fsp3) is 0.0833. The second kappa shape index (κ2) is 11.4. The summed E-state index contributed by atoms with van der Waals surface area (Å²) in [5.41, 5.74) is 15.2. The Labute approximate surface area is 288 Å². The zero-order chi connectivity index (χ0) is 33.1. The van der Waals surface area contributed by atoms with Crippen LogP contribution in [0.15, 0.2) is 170 Å². The Bertz CT molecular complexity index is 2480. The molecule has 9 rings (SSSR count). The molecule has 0 fully saturated rings. The van der Waals surface area contributed by atoms with Crippen molar-refractivity contribution >= 4 is 38.6 Å². The molecule has 0 N–H and O–H groups in total. The maximum absolute atomic E-state index is 2.39. The van der Waals surface area contributed by atoms with Gasteiger partial charge >= 0.3 is 0 Å². The molecular formula is C48H37N. The second-order valence-electron chi connectivity index (χ2n) is 14.3. The maximum atomic E-state index is 2.39. The molecule has 0 unspecified atom stereocenters. The van der Waals surface area contributed by atoms with Crippen LogP contribution in [0.25, 0.3) is 66.1 Å². The third-order valence-corrected chi connectivity index (χ3v) is 10.1. The van der Waals surface area contributed by atoms with Gasteiger partial charge in [-0.05, 0) is 144 Å². The van der Waals surface area contributed by atoms with Crippen molar-refractivity contribution in [1.82, 2.24) is 0 Å². The SMILES string of the molecule is CC(C)(C)c1ccc(-c2ccc3cc4c(cc3c2)-c2cc3cc(N(c5ccccc5)c5ccc(-c6ccccc6)cc5)ccc3cc2-4)cc1. The first-order valence-electron chi connectivity index (χ1n) is 17.2. The van der Waals surface area contributed by atoms with Crippen LogP contribution in [-0.2, 0) is 5.41 Å². The molecule has 1 aliphatic carbocycles. The van der Waals surface area contributed by atoms with Gasteiger partial charge in [-0.3, -0.25) is 0 Å². The molecule has 1 heteroatoms. The first-order valence-corrected chi connectivity index (χ1v) is 17.2. The highest BCUT2D eigenvalue weighted by Gasteiger charge is 2.24. The van der Waals surface area contributed by atoms with Crippen LogP contribution in [0.2, 0.25) is 0 Å². The smallest absolute Gasteiger partial charge is 0.0468 e. The Morgan fingerprint density at radius 2 is 0.755 bits per heavy atom. The second-order valence-corrected chi connectivity index (χ2v) is 14.3. The molecule has 0 amide bonds. The monoisotopic (exact) mass is 627 g/mol. The van der Waals surface area contributed by atoms with E-state index in [4.69, 9.17) is 0 Å². The van der Waals surface area contributed by atoms with Gasteiger partial charge < -0.3 is 4.90 Å². The highest BCUT2D eigenvalue weighted by atomic mass is 15.1. The van der Waals surface area contributed by atoms with E-state index < -0.39 is 0 Å². The van der Waals surface area contributed by atoms with Crippen molar-refractivity contribution < 1.29 is 0 Å². The lowest BCUT2D eigenvalue weighted by Gasteiger charge is -2.28. The number of fused-ring (bicyclic) bond motifs is 6. The van der Waals surface area contributed by atoms with E-state index in [1.54, 1.807) is 0 Å². The number of para-hydroxylation sites is 1. The molecule has 0 heterocycles. The topological polar surface area (TPSA) is 3.24 Å². The van der Waals surface area contributed by atoms with Crippen LogP contribution in [0.4, 0.5) is 17.1 Å². The highest BCUT2D eigenvalue weighted by molar-refractivity contribution is 6.12. The van der Waals surface area contributed by atoms with Gasteiger partial charge in [-0.2, -0.15) is 0 Å². The lowest BCUT2D eigenvalue weighted by Crippen LogP contribution is -2.10. The number of hydrogen-bond acceptors (Lipinski definition) is 1. The largest absolute Gasteiger partial charge is 0.310 e. The van der Waals surface area contributed by atoms with Crippen molar-refractivity contribution in [2.75, 3.05) is 4.90 Å². The maximum Gasteiger partial charge on any atom is 0.0468 e. The van der Waals surface area contributed by atoms with E-state index in [1.165, 1.54) is 71.6 Å². The van der Waals surface area contributed by atoms with Crippen LogP contribution < -0.4 is 4.90 Å². The molecule has 1 aliphatic rings. The highest BCUT2D eigenvalue weighted by Crippen LogP contribution is 2.51. The molecular weight excluding hydrogens is 591 g/mol. The Hall–Kier alpha value is -5.92. The molecule has 49 heavy (non-hydrogen) atoms. The fourth-order valence-electron chi connectivity index (χ4n) is 7.35. The number of anilines is 3. The molecule has 1 nitrogen and oxygen atoms in total. The van der Waals surface area contributed by atoms with Gasteiger partial charge in [-0.15, -0.1) is 0 Å². The first-order chi connectivity index (χ1) is 23.9. The zero-order valence-corrected chi connectivity index (χ0v) is 28.1. The summed E-state index contributed by atoms with van der Waals surface area (Å²) in [6.07, 6.45) is 0. The van der Waals surface area contributed by atoms with E-state index in [1.807, 2.05) is 0 Å². The minimum absolute atomic E-state index is 0.149. The van der Waals surface area contributed by atoms with Crippen LogP contribution in [0.5, 0.6) is 0 Å². The minimum atomic E-state index is 0.149. The molecule has 0 radical (unpaired) electrons. The van der Waals surface area contributed by atoms with Crippen LogP contribution in [0, 0.1) is 0 Å². The summed E-state index contributed by atoms with van der Waals surface area (Å²) in [6.45, 7) is 6.80. The average molecular weight is 628 g/mol. The van der Waals surface area contributed by atoms with Gasteiger partial charge in [0.15, 0.2) is 0 Å². The Morgan fingerprint density at radius 1 is 0.327 bits per heavy atom. The van der Waals surface area contributed by atoms with Crippen LogP contribution in [0.3, 0.4) is 0 Å². The summed E-state index contributed by atoms with van der Waals surface area (Å²) >= 11 is 0. The van der Waals surface area contributed by atoms with E-state index in [-0.39, 0.29) is 5.41 Å². The van der Waals surface area contributed by atoms with E-state index in [0.717, 1.165) is 17.1 Å². The average Bonchev–Trinajstić information content (AvgIpc) is 3.14. The summed E-state index contributed by atoms with van der Waals surface area (Å²) in [7, 11) is 0. The molecule has 0 bridgehead atoms. The summed E-state index contributed by atoms with van der Waals surface area (Å²) in [4.78, 5) is 2.35. The van der Waals surface area contributed by atoms with Crippen molar-refractivity contribution in [3.63, 3.8) is 0 Å². The lowest BCUT2D eigenvalue weighted by atomic mass is 9.77. The fourth-order valence-corrected chi connectivity index (χ4v) is 7.35. The van der Waals surface area contributed by atoms with Gasteiger partial charge in [-0.25, -0.2) is 0 Å². The van der Waals surface area contributed by atoms with Gasteiger partial charge in [-0.1, -0.05) is 124 Å². The van der Waals surface area contributed by atoms with Gasteiger partial charge in [0.05, 0.1) is 0 Å². The van der Waals surface area contributed by atoms with Crippen LogP contribution in [-0.4, -0.2) is 0 Å². The molecule has 0 aromatic heterocycles. The van der Waals surface area contributed by atoms with Crippen molar-refractivity contribution in [2.24, 2.45) is 0 Å². The van der Waals surface area contributed by atoms with Crippen molar-refractivity contribution in [1.29, 1.82) is 0 Å². The van der Waals surface area contributed by atoms with Crippen molar-refractivity contribution in [2.45, 2.75) is 26.2 Å². The summed E-state index contributed by atoms with van der Waals surface area (Å²) in [5.74, 6) is 0. The van der Waals surface area contributed by atoms with E-state index in [9.17, 15) is 0 Å². The van der Waals surface area contributed by atoms with E-state index in [2.05, 4.69) is 196 Å². The Morgan fingerprint density at radius 3 is 1.37 bits per heavy atom. The molecule has 234 valence electrons. The van der Waals surface area contributed by atoms with Crippen molar-refractivity contribution in [3.05, 3.63) is 175 Å². The van der Waals surface area contributed by atoms with Crippen molar-refractivity contribution in [3.8, 4) is 44.5 Å². The molecule has 8 aromatic rings. The molecule has 0 atom stereocenters. The number of rotatable bonds is 5. The summed E-state index contributed by atoms with van der Waals surface area (Å²) in [5, 5.41) is 5.07. The minimum Gasteiger partial charge on any atom is -0.310 e. The molecule has 0 saturated heterocycles. The standard InChI is InChI=1S/C48H37N/c1-48(2,3)40-21-16-34(17-22-40)35-14-15-36-28-44-45-29-37-20-25-43(27-39(37)31-47(45)46(44)30-38(36)26-35)49(41-12-8-5-9-13-41)42-23-18-33(19-24-42)32-10-6-4-7-11-32/h4-31H,1-3H3. The van der Waals surface area contributed by atoms with Crippen LogP contribution >= 0.6 is 0 Å². The number of nitrogens with zero attached hydrogens (tertiary/aromatic N) is 1. The number of hydrogen-bond donors (Lipinski definition) is 0. The molecule has 0 aliphatic heterocycles. The Kier molecular flexibility index (Phi) is 6.78. The van der Waals surface area contributed by atoms with E-state index >= 15 is 0 Å². The summed E-state index contributed by atoms with van der Waals surface area (Å²) in [6, 6.07) is 62.5. The predicted octanol–water partition coefficient (Wildman–Crippen LogP) is 13.7. The lowest BCUT2D eigenvalue weighted by molar-refractivity contribution is 0.590. The molecule has 8 aromatic carbocycles. The third kappa shape index (κ3) is 5.19. The summed E-state index contributed by atoms with van der Waals surface area (Å²) < 4.78 is 0. The molecule has 0 saturated carbocycles. The quantitative estimate of drug-likeness (QED) is 0.183.